The molecule has 2 fully saturated rings. The first-order valence-electron chi connectivity index (χ1n) is 7.15. The molecule has 0 N–H and O–H groups in total. The van der Waals surface area contributed by atoms with Crippen molar-refractivity contribution in [1.82, 2.24) is 4.90 Å². The van der Waals surface area contributed by atoms with Crippen molar-refractivity contribution in [3.05, 3.63) is 29.3 Å². The van der Waals surface area contributed by atoms with Crippen molar-refractivity contribution in [2.45, 2.75) is 12.5 Å². The number of benzene rings is 1. The Labute approximate surface area is 122 Å². The molecular formula is C15H17F2N3O. The first-order valence-corrected chi connectivity index (χ1v) is 7.15. The summed E-state index contributed by atoms with van der Waals surface area (Å²) >= 11 is 0. The summed E-state index contributed by atoms with van der Waals surface area (Å²) in [5.74, 6) is -1.32. The van der Waals surface area contributed by atoms with E-state index in [2.05, 4.69) is 4.90 Å². The Balaban J connectivity index is 1.75. The third-order valence-electron chi connectivity index (χ3n) is 4.19. The number of hydrogen-bond donors (Lipinski definition) is 0. The Morgan fingerprint density at radius 3 is 2.43 bits per heavy atom. The highest BCUT2D eigenvalue weighted by molar-refractivity contribution is 5.53. The van der Waals surface area contributed by atoms with Gasteiger partial charge in [0.25, 0.3) is 0 Å². The van der Waals surface area contributed by atoms with Crippen molar-refractivity contribution in [3.63, 3.8) is 0 Å². The molecule has 112 valence electrons. The van der Waals surface area contributed by atoms with E-state index in [9.17, 15) is 8.78 Å². The van der Waals surface area contributed by atoms with E-state index >= 15 is 0 Å². The van der Waals surface area contributed by atoms with Gasteiger partial charge in [0.05, 0.1) is 24.8 Å². The van der Waals surface area contributed by atoms with Crippen LogP contribution in [0.5, 0.6) is 0 Å². The van der Waals surface area contributed by atoms with Crippen LogP contribution in [-0.2, 0) is 4.74 Å². The highest BCUT2D eigenvalue weighted by atomic mass is 19.1. The summed E-state index contributed by atoms with van der Waals surface area (Å²) in [5, 5.41) is 8.74. The number of anilines is 1. The zero-order chi connectivity index (χ0) is 14.8. The SMILES string of the molecule is N#Cc1cc(F)c(N2CCC(N3CCOCC3)C2)c(F)c1. The van der Waals surface area contributed by atoms with Crippen LogP contribution >= 0.6 is 0 Å². The molecule has 3 rings (SSSR count). The Kier molecular flexibility index (Phi) is 4.04. The van der Waals surface area contributed by atoms with Gasteiger partial charge in [0, 0.05) is 32.2 Å². The van der Waals surface area contributed by atoms with Crippen molar-refractivity contribution in [2.75, 3.05) is 44.3 Å². The molecule has 0 aliphatic carbocycles. The Hall–Kier alpha value is -1.71. The summed E-state index contributed by atoms with van der Waals surface area (Å²) < 4.78 is 33.4. The highest BCUT2D eigenvalue weighted by Crippen LogP contribution is 2.29. The first kappa shape index (κ1) is 14.2. The van der Waals surface area contributed by atoms with Crippen LogP contribution in [0.4, 0.5) is 14.5 Å². The monoisotopic (exact) mass is 293 g/mol. The van der Waals surface area contributed by atoms with Gasteiger partial charge in [-0.25, -0.2) is 8.78 Å². The summed E-state index contributed by atoms with van der Waals surface area (Å²) in [6.45, 7) is 4.42. The van der Waals surface area contributed by atoms with E-state index in [1.54, 1.807) is 11.0 Å². The number of rotatable bonds is 2. The second kappa shape index (κ2) is 5.96. The minimum absolute atomic E-state index is 0.00948. The van der Waals surface area contributed by atoms with Gasteiger partial charge in [-0.2, -0.15) is 5.26 Å². The van der Waals surface area contributed by atoms with E-state index in [4.69, 9.17) is 10.00 Å². The lowest BCUT2D eigenvalue weighted by atomic mass is 10.2. The van der Waals surface area contributed by atoms with Gasteiger partial charge < -0.3 is 9.64 Å². The van der Waals surface area contributed by atoms with Crippen molar-refractivity contribution in [1.29, 1.82) is 5.26 Å². The molecule has 0 radical (unpaired) electrons. The van der Waals surface area contributed by atoms with Crippen molar-refractivity contribution in [2.24, 2.45) is 0 Å². The molecule has 6 heteroatoms. The normalized spacial score (nSPS) is 23.3. The number of nitriles is 1. The summed E-state index contributed by atoms with van der Waals surface area (Å²) in [5.41, 5.74) is 0.00226. The quantitative estimate of drug-likeness (QED) is 0.833. The van der Waals surface area contributed by atoms with Gasteiger partial charge in [-0.15, -0.1) is 0 Å². The third-order valence-corrected chi connectivity index (χ3v) is 4.19. The lowest BCUT2D eigenvalue weighted by Crippen LogP contribution is -2.44. The smallest absolute Gasteiger partial charge is 0.150 e. The molecule has 0 aromatic heterocycles. The molecule has 2 aliphatic heterocycles. The lowest BCUT2D eigenvalue weighted by molar-refractivity contribution is 0.0209. The van der Waals surface area contributed by atoms with Crippen LogP contribution in [0.3, 0.4) is 0 Å². The molecule has 1 unspecified atom stereocenters. The molecule has 1 aromatic rings. The molecule has 2 saturated heterocycles. The van der Waals surface area contributed by atoms with Crippen molar-refractivity contribution >= 4 is 5.69 Å². The summed E-state index contributed by atoms with van der Waals surface area (Å²) in [6, 6.07) is 4.27. The van der Waals surface area contributed by atoms with Crippen LogP contribution in [0.1, 0.15) is 12.0 Å². The zero-order valence-electron chi connectivity index (χ0n) is 11.7. The number of ether oxygens (including phenoxy) is 1. The summed E-state index contributed by atoms with van der Waals surface area (Å²) in [6.07, 6.45) is 0.888. The molecule has 2 aliphatic rings. The minimum Gasteiger partial charge on any atom is -0.379 e. The Morgan fingerprint density at radius 1 is 1.14 bits per heavy atom. The molecule has 0 amide bonds. The molecule has 4 nitrogen and oxygen atoms in total. The molecule has 1 aromatic carbocycles. The molecule has 0 saturated carbocycles. The van der Waals surface area contributed by atoms with Crippen molar-refractivity contribution in [3.8, 4) is 6.07 Å². The maximum atomic E-state index is 14.1. The predicted molar refractivity (Wildman–Crippen MR) is 74.1 cm³/mol. The van der Waals surface area contributed by atoms with Gasteiger partial charge in [0.15, 0.2) is 11.6 Å². The number of hydrogen-bond acceptors (Lipinski definition) is 4. The number of halogens is 2. The summed E-state index contributed by atoms with van der Waals surface area (Å²) in [7, 11) is 0. The van der Waals surface area contributed by atoms with Crippen molar-refractivity contribution < 1.29 is 13.5 Å². The van der Waals surface area contributed by atoms with E-state index in [1.165, 1.54) is 0 Å². The standard InChI is InChI=1S/C15H17F2N3O/c16-13-7-11(9-18)8-14(17)15(13)20-2-1-12(10-20)19-3-5-21-6-4-19/h7-8,12H,1-6,10H2. The fourth-order valence-electron chi connectivity index (χ4n) is 3.12. The molecule has 2 heterocycles. The third kappa shape index (κ3) is 2.85. The van der Waals surface area contributed by atoms with Gasteiger partial charge in [-0.1, -0.05) is 0 Å². The zero-order valence-corrected chi connectivity index (χ0v) is 11.7. The molecule has 1 atom stereocenters. The van der Waals surface area contributed by atoms with E-state index < -0.39 is 11.6 Å². The topological polar surface area (TPSA) is 39.5 Å². The summed E-state index contributed by atoms with van der Waals surface area (Å²) in [4.78, 5) is 4.06. The van der Waals surface area contributed by atoms with E-state index in [1.807, 2.05) is 0 Å². The van der Waals surface area contributed by atoms with Gasteiger partial charge >= 0.3 is 0 Å². The average Bonchev–Trinajstić information content (AvgIpc) is 2.97. The Bertz CT molecular complexity index is 544. The van der Waals surface area contributed by atoms with Crippen LogP contribution in [0.15, 0.2) is 12.1 Å². The van der Waals surface area contributed by atoms with Crippen LogP contribution in [0.25, 0.3) is 0 Å². The average molecular weight is 293 g/mol. The van der Waals surface area contributed by atoms with Gasteiger partial charge in [0.1, 0.15) is 5.69 Å². The second-order valence-corrected chi connectivity index (χ2v) is 5.44. The maximum Gasteiger partial charge on any atom is 0.150 e. The predicted octanol–water partition coefficient (Wildman–Crippen LogP) is 1.75. The molecule has 0 spiro atoms. The number of nitrogens with zero attached hydrogens (tertiary/aromatic N) is 3. The fraction of sp³-hybridized carbons (Fsp3) is 0.533. The van der Waals surface area contributed by atoms with E-state index in [0.29, 0.717) is 19.1 Å². The van der Waals surface area contributed by atoms with Crippen LogP contribution < -0.4 is 4.90 Å². The van der Waals surface area contributed by atoms with Crippen LogP contribution in [-0.4, -0.2) is 50.3 Å². The van der Waals surface area contributed by atoms with Gasteiger partial charge in [-0.3, -0.25) is 4.90 Å². The number of morpholine rings is 1. The molecule has 0 bridgehead atoms. The Morgan fingerprint density at radius 2 is 1.81 bits per heavy atom. The van der Waals surface area contributed by atoms with Gasteiger partial charge in [-0.05, 0) is 18.6 Å². The fourth-order valence-corrected chi connectivity index (χ4v) is 3.12. The molecular weight excluding hydrogens is 276 g/mol. The van der Waals surface area contributed by atoms with Crippen LogP contribution in [0.2, 0.25) is 0 Å². The van der Waals surface area contributed by atoms with Crippen LogP contribution in [0, 0.1) is 23.0 Å². The lowest BCUT2D eigenvalue weighted by Gasteiger charge is -2.32. The molecule has 21 heavy (non-hydrogen) atoms. The maximum absolute atomic E-state index is 14.1. The van der Waals surface area contributed by atoms with E-state index in [0.717, 1.165) is 44.9 Å². The van der Waals surface area contributed by atoms with Gasteiger partial charge in [0.2, 0.25) is 0 Å². The largest absolute Gasteiger partial charge is 0.379 e. The minimum atomic E-state index is -0.658. The second-order valence-electron chi connectivity index (χ2n) is 5.44. The van der Waals surface area contributed by atoms with E-state index in [-0.39, 0.29) is 11.3 Å². The highest BCUT2D eigenvalue weighted by Gasteiger charge is 2.31. The first-order chi connectivity index (χ1) is 10.2.